The van der Waals surface area contributed by atoms with Crippen LogP contribution < -0.4 is 5.73 Å². The van der Waals surface area contributed by atoms with Crippen molar-refractivity contribution in [3.05, 3.63) is 24.0 Å². The van der Waals surface area contributed by atoms with Crippen molar-refractivity contribution in [3.8, 4) is 0 Å². The minimum atomic E-state index is -4.28. The Morgan fingerprint density at radius 3 is 2.72 bits per heavy atom. The van der Waals surface area contributed by atoms with E-state index in [4.69, 9.17) is 5.73 Å². The van der Waals surface area contributed by atoms with Gasteiger partial charge in [-0.2, -0.15) is 8.78 Å². The summed E-state index contributed by atoms with van der Waals surface area (Å²) in [6.45, 7) is -2.30. The van der Waals surface area contributed by atoms with Gasteiger partial charge in [-0.25, -0.2) is 8.78 Å². The number of rotatable bonds is 6. The molecule has 0 atom stereocenters. The molecule has 0 saturated heterocycles. The van der Waals surface area contributed by atoms with Gasteiger partial charge in [-0.3, -0.25) is 9.78 Å². The van der Waals surface area contributed by atoms with E-state index in [1.54, 1.807) is 0 Å². The van der Waals surface area contributed by atoms with Gasteiger partial charge in [0.15, 0.2) is 5.78 Å². The Hall–Kier alpha value is -1.70. The molecule has 0 aliphatic rings. The number of ketones is 1. The lowest BCUT2D eigenvalue weighted by Crippen LogP contribution is -2.33. The molecule has 1 aromatic heterocycles. The molecular formula is C10H10F4N2O2. The quantitative estimate of drug-likeness (QED) is 0.629. The molecule has 0 saturated carbocycles. The fourth-order valence-electron chi connectivity index (χ4n) is 1.06. The van der Waals surface area contributed by atoms with E-state index in [1.807, 2.05) is 0 Å². The number of Topliss-reactive ketones (excluding diaryl/α,β-unsaturated/α-hetero) is 1. The predicted molar refractivity (Wildman–Crippen MR) is 54.7 cm³/mol. The van der Waals surface area contributed by atoms with Gasteiger partial charge in [-0.1, -0.05) is 0 Å². The monoisotopic (exact) mass is 266 g/mol. The average molecular weight is 266 g/mol. The number of hydrogen-bond donors (Lipinski definition) is 1. The van der Waals surface area contributed by atoms with Crippen LogP contribution in [0.15, 0.2) is 18.5 Å². The normalized spacial score (nSPS) is 11.8. The number of halogens is 4. The predicted octanol–water partition coefficient (Wildman–Crippen LogP) is 1.76. The SMILES string of the molecule is Nc1ccncc1C(=O)COCC(F)(F)C(F)F. The van der Waals surface area contributed by atoms with Crippen LogP contribution >= 0.6 is 0 Å². The highest BCUT2D eigenvalue weighted by Crippen LogP contribution is 2.23. The molecule has 2 N–H and O–H groups in total. The topological polar surface area (TPSA) is 65.2 Å². The number of carbonyl (C=O) groups excluding carboxylic acids is 1. The molecule has 1 aromatic rings. The second-order valence-electron chi connectivity index (χ2n) is 3.44. The molecule has 0 fully saturated rings. The maximum atomic E-state index is 12.5. The molecular weight excluding hydrogens is 256 g/mol. The summed E-state index contributed by atoms with van der Waals surface area (Å²) in [7, 11) is 0. The van der Waals surface area contributed by atoms with Crippen LogP contribution in [0.2, 0.25) is 0 Å². The van der Waals surface area contributed by atoms with Crippen molar-refractivity contribution in [1.29, 1.82) is 0 Å². The number of ether oxygens (including phenoxy) is 1. The van der Waals surface area contributed by atoms with Crippen LogP contribution in [0.25, 0.3) is 0 Å². The molecule has 0 unspecified atom stereocenters. The molecule has 8 heteroatoms. The minimum Gasteiger partial charge on any atom is -0.398 e. The number of nitrogens with zero attached hydrogens (tertiary/aromatic N) is 1. The van der Waals surface area contributed by atoms with Crippen molar-refractivity contribution in [2.75, 3.05) is 18.9 Å². The van der Waals surface area contributed by atoms with Gasteiger partial charge >= 0.3 is 12.3 Å². The average Bonchev–Trinajstić information content (AvgIpc) is 2.29. The number of carbonyl (C=O) groups is 1. The molecule has 0 aromatic carbocycles. The van der Waals surface area contributed by atoms with Crippen molar-refractivity contribution in [1.82, 2.24) is 4.98 Å². The van der Waals surface area contributed by atoms with Crippen LogP contribution in [0.1, 0.15) is 10.4 Å². The number of alkyl halides is 4. The molecule has 1 rings (SSSR count). The second kappa shape index (κ2) is 5.76. The van der Waals surface area contributed by atoms with Gasteiger partial charge in [-0.05, 0) is 6.07 Å². The first-order valence-electron chi connectivity index (χ1n) is 4.81. The van der Waals surface area contributed by atoms with Gasteiger partial charge in [0.25, 0.3) is 0 Å². The van der Waals surface area contributed by atoms with Crippen LogP contribution in [-0.4, -0.2) is 36.3 Å². The molecule has 0 bridgehead atoms. The Balaban J connectivity index is 2.51. The fraction of sp³-hybridized carbons (Fsp3) is 0.400. The third-order valence-electron chi connectivity index (χ3n) is 2.00. The zero-order valence-corrected chi connectivity index (χ0v) is 9.08. The summed E-state index contributed by atoms with van der Waals surface area (Å²) in [4.78, 5) is 15.1. The molecule has 4 nitrogen and oxygen atoms in total. The van der Waals surface area contributed by atoms with E-state index in [2.05, 4.69) is 9.72 Å². The number of nitrogen functional groups attached to an aromatic ring is 1. The van der Waals surface area contributed by atoms with E-state index in [9.17, 15) is 22.4 Å². The lowest BCUT2D eigenvalue weighted by atomic mass is 10.1. The standard InChI is InChI=1S/C10H10F4N2O2/c11-9(12)10(13,14)5-18-4-8(17)6-3-16-2-1-7(6)15/h1-3,9H,4-5H2,(H2,15,16). The summed E-state index contributed by atoms with van der Waals surface area (Å²) in [5.41, 5.74) is 5.55. The fourth-order valence-corrected chi connectivity index (χ4v) is 1.06. The van der Waals surface area contributed by atoms with Crippen LogP contribution in [0.3, 0.4) is 0 Å². The van der Waals surface area contributed by atoms with Gasteiger partial charge in [-0.15, -0.1) is 0 Å². The van der Waals surface area contributed by atoms with E-state index in [0.717, 1.165) is 6.20 Å². The molecule has 0 aliphatic heterocycles. The summed E-state index contributed by atoms with van der Waals surface area (Å²) >= 11 is 0. The van der Waals surface area contributed by atoms with Crippen LogP contribution in [0.5, 0.6) is 0 Å². The van der Waals surface area contributed by atoms with E-state index in [0.29, 0.717) is 0 Å². The van der Waals surface area contributed by atoms with Crippen LogP contribution in [0.4, 0.5) is 23.2 Å². The molecule has 100 valence electrons. The molecule has 0 aliphatic carbocycles. The Morgan fingerprint density at radius 1 is 1.50 bits per heavy atom. The number of aromatic nitrogens is 1. The third kappa shape index (κ3) is 3.66. The second-order valence-corrected chi connectivity index (χ2v) is 3.44. The Bertz CT molecular complexity index is 426. The summed E-state index contributed by atoms with van der Waals surface area (Å²) in [6.07, 6.45) is -1.35. The van der Waals surface area contributed by atoms with Crippen molar-refractivity contribution in [2.45, 2.75) is 12.3 Å². The number of anilines is 1. The minimum absolute atomic E-state index is 0.00198. The molecule has 1 heterocycles. The molecule has 0 radical (unpaired) electrons. The lowest BCUT2D eigenvalue weighted by molar-refractivity contribution is -0.163. The van der Waals surface area contributed by atoms with Crippen molar-refractivity contribution >= 4 is 11.5 Å². The number of hydrogen-bond acceptors (Lipinski definition) is 4. The summed E-state index contributed by atoms with van der Waals surface area (Å²) < 4.78 is 52.7. The van der Waals surface area contributed by atoms with E-state index in [1.165, 1.54) is 12.3 Å². The zero-order valence-electron chi connectivity index (χ0n) is 9.08. The first-order valence-corrected chi connectivity index (χ1v) is 4.81. The van der Waals surface area contributed by atoms with Gasteiger partial charge in [0.05, 0.1) is 5.56 Å². The van der Waals surface area contributed by atoms with Crippen LogP contribution in [-0.2, 0) is 4.74 Å². The zero-order chi connectivity index (χ0) is 13.8. The molecule has 0 amide bonds. The maximum absolute atomic E-state index is 12.5. The molecule has 0 spiro atoms. The van der Waals surface area contributed by atoms with Crippen molar-refractivity contribution in [2.24, 2.45) is 0 Å². The van der Waals surface area contributed by atoms with Gasteiger partial charge in [0.2, 0.25) is 0 Å². The van der Waals surface area contributed by atoms with Crippen molar-refractivity contribution in [3.63, 3.8) is 0 Å². The van der Waals surface area contributed by atoms with Gasteiger partial charge in [0, 0.05) is 18.1 Å². The van der Waals surface area contributed by atoms with E-state index >= 15 is 0 Å². The van der Waals surface area contributed by atoms with E-state index in [-0.39, 0.29) is 11.3 Å². The summed E-state index contributed by atoms with van der Waals surface area (Å²) in [6, 6.07) is 1.35. The van der Waals surface area contributed by atoms with Crippen LogP contribution in [0, 0.1) is 0 Å². The highest BCUT2D eigenvalue weighted by molar-refractivity contribution is 6.01. The largest absolute Gasteiger partial charge is 0.398 e. The third-order valence-corrected chi connectivity index (χ3v) is 2.00. The first kappa shape index (κ1) is 14.4. The smallest absolute Gasteiger partial charge is 0.330 e. The van der Waals surface area contributed by atoms with Gasteiger partial charge < -0.3 is 10.5 Å². The summed E-state index contributed by atoms with van der Waals surface area (Å²) in [5.74, 6) is -4.98. The first-order chi connectivity index (χ1) is 8.34. The molecule has 18 heavy (non-hydrogen) atoms. The van der Waals surface area contributed by atoms with Crippen molar-refractivity contribution < 1.29 is 27.1 Å². The summed E-state index contributed by atoms with van der Waals surface area (Å²) in [5, 5.41) is 0. The highest BCUT2D eigenvalue weighted by Gasteiger charge is 2.41. The number of nitrogens with two attached hydrogens (primary N) is 1. The Morgan fingerprint density at radius 2 is 2.17 bits per heavy atom. The number of pyridine rings is 1. The van der Waals surface area contributed by atoms with Gasteiger partial charge in [0.1, 0.15) is 13.2 Å². The highest BCUT2D eigenvalue weighted by atomic mass is 19.3. The maximum Gasteiger partial charge on any atom is 0.330 e. The lowest BCUT2D eigenvalue weighted by Gasteiger charge is -2.14. The Labute approximate surface area is 99.8 Å². The van der Waals surface area contributed by atoms with E-state index < -0.39 is 31.3 Å². The Kier molecular flexibility index (Phi) is 4.60.